The minimum Gasteiger partial charge on any atom is -0.339 e. The standard InChI is InChI=1S/C21H19N3O2/c25-20(19-17-9-5-4-8-16(17)10-12-22-19)23-18-11-13-24(21(18)26)14-15-6-2-1-3-7-15/h1-10,12,18H,11,13-14H2,(H,23,25)/t18-/m0/s1. The molecule has 4 rings (SSSR count). The van der Waals surface area contributed by atoms with Crippen LogP contribution in [0.3, 0.4) is 0 Å². The van der Waals surface area contributed by atoms with Gasteiger partial charge in [-0.3, -0.25) is 14.6 Å². The molecule has 0 bridgehead atoms. The van der Waals surface area contributed by atoms with Gasteiger partial charge in [-0.05, 0) is 23.4 Å². The molecule has 1 aliphatic heterocycles. The molecule has 1 aromatic heterocycles. The van der Waals surface area contributed by atoms with E-state index in [0.717, 1.165) is 16.3 Å². The van der Waals surface area contributed by atoms with E-state index >= 15 is 0 Å². The number of hydrogen-bond donors (Lipinski definition) is 1. The van der Waals surface area contributed by atoms with E-state index in [1.165, 1.54) is 0 Å². The normalized spacial score (nSPS) is 16.8. The molecule has 0 spiro atoms. The van der Waals surface area contributed by atoms with E-state index in [2.05, 4.69) is 10.3 Å². The number of pyridine rings is 1. The average molecular weight is 345 g/mol. The van der Waals surface area contributed by atoms with Crippen LogP contribution < -0.4 is 5.32 Å². The number of rotatable bonds is 4. The van der Waals surface area contributed by atoms with E-state index in [1.807, 2.05) is 60.7 Å². The summed E-state index contributed by atoms with van der Waals surface area (Å²) in [7, 11) is 0. The van der Waals surface area contributed by atoms with Crippen LogP contribution in [0.4, 0.5) is 0 Å². The van der Waals surface area contributed by atoms with Crippen LogP contribution in [0.5, 0.6) is 0 Å². The van der Waals surface area contributed by atoms with Crippen molar-refractivity contribution in [1.29, 1.82) is 0 Å². The minimum absolute atomic E-state index is 0.0394. The summed E-state index contributed by atoms with van der Waals surface area (Å²) in [6.07, 6.45) is 2.23. The largest absolute Gasteiger partial charge is 0.339 e. The lowest BCUT2D eigenvalue weighted by Gasteiger charge is -2.17. The fourth-order valence-electron chi connectivity index (χ4n) is 3.36. The Morgan fingerprint density at radius 2 is 1.85 bits per heavy atom. The lowest BCUT2D eigenvalue weighted by molar-refractivity contribution is -0.129. The van der Waals surface area contributed by atoms with Crippen molar-refractivity contribution in [2.45, 2.75) is 19.0 Å². The molecule has 26 heavy (non-hydrogen) atoms. The van der Waals surface area contributed by atoms with Gasteiger partial charge in [0.1, 0.15) is 11.7 Å². The third kappa shape index (κ3) is 3.16. The highest BCUT2D eigenvalue weighted by atomic mass is 16.2. The summed E-state index contributed by atoms with van der Waals surface area (Å²) in [4.78, 5) is 31.3. The molecule has 1 fully saturated rings. The highest BCUT2D eigenvalue weighted by Crippen LogP contribution is 2.18. The Hall–Kier alpha value is -3.21. The molecule has 0 saturated carbocycles. The maximum atomic E-state index is 12.7. The summed E-state index contributed by atoms with van der Waals surface area (Å²) in [5.74, 6) is -0.343. The fraction of sp³-hybridized carbons (Fsp3) is 0.190. The molecular weight excluding hydrogens is 326 g/mol. The summed E-state index contributed by atoms with van der Waals surface area (Å²) < 4.78 is 0. The highest BCUT2D eigenvalue weighted by Gasteiger charge is 2.33. The lowest BCUT2D eigenvalue weighted by Crippen LogP contribution is -2.41. The molecule has 2 heterocycles. The van der Waals surface area contributed by atoms with Gasteiger partial charge in [0.05, 0.1) is 0 Å². The Balaban J connectivity index is 1.47. The first-order valence-corrected chi connectivity index (χ1v) is 8.70. The van der Waals surface area contributed by atoms with Crippen molar-refractivity contribution in [2.75, 3.05) is 6.54 Å². The Morgan fingerprint density at radius 3 is 2.69 bits per heavy atom. The van der Waals surface area contributed by atoms with Gasteiger partial charge in [-0.25, -0.2) is 0 Å². The van der Waals surface area contributed by atoms with Crippen LogP contribution in [0.25, 0.3) is 10.8 Å². The first-order valence-electron chi connectivity index (χ1n) is 8.70. The fourth-order valence-corrected chi connectivity index (χ4v) is 3.36. The van der Waals surface area contributed by atoms with Gasteiger partial charge in [-0.15, -0.1) is 0 Å². The van der Waals surface area contributed by atoms with Crippen LogP contribution in [0.15, 0.2) is 66.9 Å². The van der Waals surface area contributed by atoms with Crippen LogP contribution >= 0.6 is 0 Å². The molecule has 130 valence electrons. The van der Waals surface area contributed by atoms with Crippen molar-refractivity contribution < 1.29 is 9.59 Å². The van der Waals surface area contributed by atoms with Crippen molar-refractivity contribution in [3.05, 3.63) is 78.1 Å². The Bertz CT molecular complexity index is 950. The zero-order valence-electron chi connectivity index (χ0n) is 14.3. The second kappa shape index (κ2) is 6.96. The third-order valence-electron chi connectivity index (χ3n) is 4.71. The van der Waals surface area contributed by atoms with Crippen LogP contribution in [-0.2, 0) is 11.3 Å². The Labute approximate surface area is 151 Å². The van der Waals surface area contributed by atoms with E-state index in [0.29, 0.717) is 25.2 Å². The maximum absolute atomic E-state index is 12.7. The second-order valence-corrected chi connectivity index (χ2v) is 6.44. The molecular formula is C21H19N3O2. The minimum atomic E-state index is -0.494. The molecule has 5 nitrogen and oxygen atoms in total. The molecule has 2 amide bonds. The molecule has 0 aliphatic carbocycles. The number of amides is 2. The van der Waals surface area contributed by atoms with Gasteiger partial charge in [-0.2, -0.15) is 0 Å². The van der Waals surface area contributed by atoms with Crippen LogP contribution in [0, 0.1) is 0 Å². The molecule has 1 saturated heterocycles. The second-order valence-electron chi connectivity index (χ2n) is 6.44. The first-order chi connectivity index (χ1) is 12.7. The van der Waals surface area contributed by atoms with E-state index in [9.17, 15) is 9.59 Å². The molecule has 1 N–H and O–H groups in total. The van der Waals surface area contributed by atoms with Gasteiger partial charge in [0.2, 0.25) is 5.91 Å². The summed E-state index contributed by atoms with van der Waals surface area (Å²) in [6, 6.07) is 18.9. The summed E-state index contributed by atoms with van der Waals surface area (Å²) >= 11 is 0. The van der Waals surface area contributed by atoms with Gasteiger partial charge in [0, 0.05) is 24.7 Å². The van der Waals surface area contributed by atoms with Crippen LogP contribution in [0.1, 0.15) is 22.5 Å². The maximum Gasteiger partial charge on any atom is 0.271 e. The Morgan fingerprint density at radius 1 is 1.08 bits per heavy atom. The topological polar surface area (TPSA) is 62.3 Å². The summed E-state index contributed by atoms with van der Waals surface area (Å²) in [5, 5.41) is 4.61. The number of benzene rings is 2. The zero-order chi connectivity index (χ0) is 17.9. The van der Waals surface area contributed by atoms with Crippen molar-refractivity contribution in [1.82, 2.24) is 15.2 Å². The van der Waals surface area contributed by atoms with E-state index in [-0.39, 0.29) is 11.8 Å². The number of nitrogens with one attached hydrogen (secondary N) is 1. The summed E-state index contributed by atoms with van der Waals surface area (Å²) in [5.41, 5.74) is 1.45. The molecule has 2 aromatic carbocycles. The van der Waals surface area contributed by atoms with E-state index < -0.39 is 6.04 Å². The number of likely N-dealkylation sites (tertiary alicyclic amines) is 1. The van der Waals surface area contributed by atoms with Gasteiger partial charge >= 0.3 is 0 Å². The molecule has 0 radical (unpaired) electrons. The first kappa shape index (κ1) is 16.3. The van der Waals surface area contributed by atoms with Gasteiger partial charge in [0.25, 0.3) is 5.91 Å². The molecule has 0 unspecified atom stereocenters. The Kier molecular flexibility index (Phi) is 4.35. The zero-order valence-corrected chi connectivity index (χ0v) is 14.3. The van der Waals surface area contributed by atoms with E-state index in [4.69, 9.17) is 0 Å². The number of nitrogens with zero attached hydrogens (tertiary/aromatic N) is 2. The number of aromatic nitrogens is 1. The van der Waals surface area contributed by atoms with Crippen molar-refractivity contribution in [3.8, 4) is 0 Å². The van der Waals surface area contributed by atoms with E-state index in [1.54, 1.807) is 11.1 Å². The van der Waals surface area contributed by atoms with Crippen LogP contribution in [-0.4, -0.2) is 34.3 Å². The van der Waals surface area contributed by atoms with Crippen LogP contribution in [0.2, 0.25) is 0 Å². The highest BCUT2D eigenvalue weighted by molar-refractivity contribution is 6.06. The quantitative estimate of drug-likeness (QED) is 0.791. The third-order valence-corrected chi connectivity index (χ3v) is 4.71. The molecule has 5 heteroatoms. The van der Waals surface area contributed by atoms with Crippen molar-refractivity contribution in [3.63, 3.8) is 0 Å². The predicted molar refractivity (Wildman–Crippen MR) is 99.5 cm³/mol. The molecule has 3 aromatic rings. The van der Waals surface area contributed by atoms with Crippen molar-refractivity contribution in [2.24, 2.45) is 0 Å². The van der Waals surface area contributed by atoms with Gasteiger partial charge in [0.15, 0.2) is 0 Å². The predicted octanol–water partition coefficient (Wildman–Crippen LogP) is 2.77. The average Bonchev–Trinajstić information content (AvgIpc) is 3.02. The number of hydrogen-bond acceptors (Lipinski definition) is 3. The SMILES string of the molecule is O=C(N[C@H]1CCN(Cc2ccccc2)C1=O)c1nccc2ccccc12. The monoisotopic (exact) mass is 345 g/mol. The molecule has 1 atom stereocenters. The summed E-state index contributed by atoms with van der Waals surface area (Å²) in [6.45, 7) is 1.21. The smallest absolute Gasteiger partial charge is 0.271 e. The number of carbonyl (C=O) groups excluding carboxylic acids is 2. The van der Waals surface area contributed by atoms with Gasteiger partial charge in [-0.1, -0.05) is 54.6 Å². The number of fused-ring (bicyclic) bond motifs is 1. The van der Waals surface area contributed by atoms with Crippen molar-refractivity contribution >= 4 is 22.6 Å². The number of carbonyl (C=O) groups is 2. The molecule has 1 aliphatic rings. The lowest BCUT2D eigenvalue weighted by atomic mass is 10.1. The van der Waals surface area contributed by atoms with Gasteiger partial charge < -0.3 is 10.2 Å².